The van der Waals surface area contributed by atoms with E-state index < -0.39 is 0 Å². The summed E-state index contributed by atoms with van der Waals surface area (Å²) in [7, 11) is 0. The summed E-state index contributed by atoms with van der Waals surface area (Å²) < 4.78 is 0. The molecular weight excluding hydrogens is 224 g/mol. The zero-order valence-corrected chi connectivity index (χ0v) is 12.4. The second kappa shape index (κ2) is 13.9. The van der Waals surface area contributed by atoms with Gasteiger partial charge >= 0.3 is 0 Å². The summed E-state index contributed by atoms with van der Waals surface area (Å²) >= 11 is 0. The molecule has 0 bridgehead atoms. The van der Waals surface area contributed by atoms with Gasteiger partial charge < -0.3 is 0 Å². The van der Waals surface area contributed by atoms with Crippen LogP contribution in [0.4, 0.5) is 0 Å². The van der Waals surface area contributed by atoms with E-state index in [0.29, 0.717) is 6.42 Å². The summed E-state index contributed by atoms with van der Waals surface area (Å²) in [5.41, 5.74) is 1.69. The van der Waals surface area contributed by atoms with Crippen LogP contribution in [-0.2, 0) is 9.59 Å². The van der Waals surface area contributed by atoms with Crippen LogP contribution in [0.15, 0.2) is 23.8 Å². The Balaban J connectivity index is 0. The van der Waals surface area contributed by atoms with E-state index in [-0.39, 0.29) is 5.78 Å². The van der Waals surface area contributed by atoms with Crippen molar-refractivity contribution in [1.29, 1.82) is 0 Å². The molecule has 0 aromatic carbocycles. The molecule has 0 aromatic rings. The van der Waals surface area contributed by atoms with E-state index in [9.17, 15) is 9.59 Å². The van der Waals surface area contributed by atoms with E-state index in [2.05, 4.69) is 13.5 Å². The molecule has 0 spiro atoms. The Kier molecular flexibility index (Phi) is 14.8. The largest absolute Gasteiger partial charge is 0.298 e. The zero-order chi connectivity index (χ0) is 14.4. The molecule has 0 saturated carbocycles. The molecule has 0 aromatic heterocycles. The van der Waals surface area contributed by atoms with Gasteiger partial charge in [-0.1, -0.05) is 46.8 Å². The highest BCUT2D eigenvalue weighted by Gasteiger charge is 2.01. The lowest BCUT2D eigenvalue weighted by molar-refractivity contribution is -0.115. The van der Waals surface area contributed by atoms with Crippen molar-refractivity contribution < 1.29 is 9.59 Å². The fourth-order valence-electron chi connectivity index (χ4n) is 1.21. The molecule has 0 N–H and O–H groups in total. The lowest BCUT2D eigenvalue weighted by Crippen LogP contribution is -1.98. The van der Waals surface area contributed by atoms with Gasteiger partial charge in [0.05, 0.1) is 0 Å². The second-order valence-corrected chi connectivity index (χ2v) is 4.17. The van der Waals surface area contributed by atoms with Crippen molar-refractivity contribution in [2.24, 2.45) is 0 Å². The fraction of sp³-hybridized carbons (Fsp3) is 0.625. The third kappa shape index (κ3) is 11.3. The quantitative estimate of drug-likeness (QED) is 0.465. The lowest BCUT2D eigenvalue weighted by Gasteiger charge is -1.96. The summed E-state index contributed by atoms with van der Waals surface area (Å²) in [5.74, 6) is 0.222. The van der Waals surface area contributed by atoms with Crippen molar-refractivity contribution in [3.8, 4) is 0 Å². The van der Waals surface area contributed by atoms with Crippen LogP contribution >= 0.6 is 0 Å². The predicted molar refractivity (Wildman–Crippen MR) is 78.7 cm³/mol. The monoisotopic (exact) mass is 252 g/mol. The summed E-state index contributed by atoms with van der Waals surface area (Å²) in [5, 5.41) is 0. The number of allylic oxidation sites excluding steroid dienone is 3. The van der Waals surface area contributed by atoms with E-state index in [1.54, 1.807) is 0 Å². The number of ketones is 1. The van der Waals surface area contributed by atoms with Crippen LogP contribution in [0.3, 0.4) is 0 Å². The SMILES string of the molecule is C=C(CC)C(=O)CCC.CCCC=C(C=O)CC. The van der Waals surface area contributed by atoms with E-state index >= 15 is 0 Å². The molecule has 0 atom stereocenters. The summed E-state index contributed by atoms with van der Waals surface area (Å²) in [4.78, 5) is 21.0. The number of carbonyl (C=O) groups excluding carboxylic acids is 2. The number of aldehydes is 1. The van der Waals surface area contributed by atoms with Gasteiger partial charge in [-0.3, -0.25) is 9.59 Å². The molecule has 2 nitrogen and oxygen atoms in total. The number of hydrogen-bond acceptors (Lipinski definition) is 2. The first-order valence-electron chi connectivity index (χ1n) is 6.92. The van der Waals surface area contributed by atoms with Gasteiger partial charge in [0.1, 0.15) is 6.29 Å². The van der Waals surface area contributed by atoms with Gasteiger partial charge in [-0.25, -0.2) is 0 Å². The second-order valence-electron chi connectivity index (χ2n) is 4.17. The highest BCUT2D eigenvalue weighted by atomic mass is 16.1. The number of hydrogen-bond donors (Lipinski definition) is 0. The molecule has 2 heteroatoms. The van der Waals surface area contributed by atoms with E-state index in [4.69, 9.17) is 0 Å². The van der Waals surface area contributed by atoms with Crippen molar-refractivity contribution in [2.45, 2.75) is 66.2 Å². The number of rotatable bonds is 8. The maximum Gasteiger partial charge on any atom is 0.158 e. The normalized spacial score (nSPS) is 10.3. The van der Waals surface area contributed by atoms with Gasteiger partial charge in [-0.15, -0.1) is 0 Å². The van der Waals surface area contributed by atoms with Gasteiger partial charge in [-0.2, -0.15) is 0 Å². The maximum absolute atomic E-state index is 10.9. The molecule has 0 amide bonds. The van der Waals surface area contributed by atoms with Crippen LogP contribution in [0, 0.1) is 0 Å². The van der Waals surface area contributed by atoms with Crippen molar-refractivity contribution in [3.05, 3.63) is 23.8 Å². The number of unbranched alkanes of at least 4 members (excludes halogenated alkanes) is 1. The predicted octanol–water partition coefficient (Wildman–Crippen LogP) is 4.64. The van der Waals surface area contributed by atoms with Crippen molar-refractivity contribution in [1.82, 2.24) is 0 Å². The van der Waals surface area contributed by atoms with Gasteiger partial charge in [0.2, 0.25) is 0 Å². The minimum absolute atomic E-state index is 0.222. The molecule has 0 unspecified atom stereocenters. The van der Waals surface area contributed by atoms with E-state index in [1.807, 2.05) is 26.8 Å². The highest BCUT2D eigenvalue weighted by Crippen LogP contribution is 2.02. The van der Waals surface area contributed by atoms with Crippen LogP contribution < -0.4 is 0 Å². The van der Waals surface area contributed by atoms with Crippen LogP contribution in [0.1, 0.15) is 66.2 Å². The third-order valence-corrected chi connectivity index (χ3v) is 2.55. The van der Waals surface area contributed by atoms with Crippen LogP contribution in [0.2, 0.25) is 0 Å². The van der Waals surface area contributed by atoms with Crippen LogP contribution in [-0.4, -0.2) is 12.1 Å². The van der Waals surface area contributed by atoms with Crippen molar-refractivity contribution in [3.63, 3.8) is 0 Å². The van der Waals surface area contributed by atoms with E-state index in [0.717, 1.165) is 49.5 Å². The molecule has 0 fully saturated rings. The zero-order valence-electron chi connectivity index (χ0n) is 12.4. The number of carbonyl (C=O) groups is 2. The standard InChI is InChI=1S/2C8H14O/c1-4-6-8(9)7(3)5-2;1-3-5-6-8(4-2)7-9/h3-6H2,1-2H3;6-7H,3-5H2,1-2H3. The van der Waals surface area contributed by atoms with Crippen LogP contribution in [0.5, 0.6) is 0 Å². The van der Waals surface area contributed by atoms with E-state index in [1.165, 1.54) is 0 Å². The first kappa shape index (κ1) is 19.2. The molecule has 0 heterocycles. The van der Waals surface area contributed by atoms with Crippen LogP contribution in [0.25, 0.3) is 0 Å². The van der Waals surface area contributed by atoms with Gasteiger partial charge in [-0.05, 0) is 36.8 Å². The topological polar surface area (TPSA) is 34.1 Å². The molecule has 0 rings (SSSR count). The Morgan fingerprint density at radius 3 is 2.00 bits per heavy atom. The molecule has 0 saturated heterocycles. The van der Waals surface area contributed by atoms with Gasteiger partial charge in [0.25, 0.3) is 0 Å². The summed E-state index contributed by atoms with van der Waals surface area (Å²) in [6.45, 7) is 11.7. The highest BCUT2D eigenvalue weighted by molar-refractivity contribution is 5.94. The minimum Gasteiger partial charge on any atom is -0.298 e. The molecule has 104 valence electrons. The Bertz CT molecular complexity index is 275. The van der Waals surface area contributed by atoms with Crippen molar-refractivity contribution >= 4 is 12.1 Å². The molecule has 0 aliphatic heterocycles. The van der Waals surface area contributed by atoms with Gasteiger partial charge in [0.15, 0.2) is 5.78 Å². The number of Topliss-reactive ketones (excluding diaryl/α,β-unsaturated/α-hetero) is 1. The first-order valence-corrected chi connectivity index (χ1v) is 6.92. The Hall–Kier alpha value is -1.18. The smallest absolute Gasteiger partial charge is 0.158 e. The Morgan fingerprint density at radius 1 is 1.06 bits per heavy atom. The molecular formula is C16H28O2. The summed E-state index contributed by atoms with van der Waals surface area (Å²) in [6.07, 6.45) is 8.34. The summed E-state index contributed by atoms with van der Waals surface area (Å²) in [6, 6.07) is 0. The molecule has 0 radical (unpaired) electrons. The Morgan fingerprint density at radius 2 is 1.67 bits per heavy atom. The molecule has 0 aliphatic carbocycles. The lowest BCUT2D eigenvalue weighted by atomic mass is 10.1. The Labute approximate surface area is 112 Å². The van der Waals surface area contributed by atoms with Crippen molar-refractivity contribution in [2.75, 3.05) is 0 Å². The first-order chi connectivity index (χ1) is 8.56. The maximum atomic E-state index is 10.9. The average molecular weight is 252 g/mol. The fourth-order valence-corrected chi connectivity index (χ4v) is 1.21. The minimum atomic E-state index is 0.222. The van der Waals surface area contributed by atoms with Gasteiger partial charge in [0, 0.05) is 6.42 Å². The average Bonchev–Trinajstić information content (AvgIpc) is 2.40. The third-order valence-electron chi connectivity index (χ3n) is 2.55. The molecule has 0 aliphatic rings. The molecule has 18 heavy (non-hydrogen) atoms.